The maximum atomic E-state index is 9.76. The second-order valence-corrected chi connectivity index (χ2v) is 4.14. The van der Waals surface area contributed by atoms with Crippen molar-refractivity contribution >= 4 is 6.29 Å². The molecule has 20 heavy (non-hydrogen) atoms. The second kappa shape index (κ2) is 9.28. The first-order chi connectivity index (χ1) is 9.26. The molecular formula is C10H20O10. The van der Waals surface area contributed by atoms with Crippen LogP contribution >= 0.6 is 0 Å². The van der Waals surface area contributed by atoms with Gasteiger partial charge in [-0.2, -0.15) is 0 Å². The number of ether oxygens (including phenoxy) is 1. The average Bonchev–Trinajstić information content (AvgIpc) is 2.47. The topological polar surface area (TPSA) is 188 Å². The Balaban J connectivity index is 0.000000361. The molecule has 0 amide bonds. The van der Waals surface area contributed by atoms with Gasteiger partial charge in [-0.05, 0) is 0 Å². The molecule has 0 aliphatic carbocycles. The highest BCUT2D eigenvalue weighted by Crippen LogP contribution is 2.12. The zero-order chi connectivity index (χ0) is 15.9. The fourth-order valence-electron chi connectivity index (χ4n) is 1.21. The van der Waals surface area contributed by atoms with Crippen LogP contribution in [-0.2, 0) is 9.53 Å². The summed E-state index contributed by atoms with van der Waals surface area (Å²) in [5.41, 5.74) is 0. The van der Waals surface area contributed by atoms with Crippen LogP contribution in [0.15, 0.2) is 0 Å². The van der Waals surface area contributed by atoms with Gasteiger partial charge in [-0.15, -0.1) is 0 Å². The summed E-state index contributed by atoms with van der Waals surface area (Å²) >= 11 is 0. The number of hydrogen-bond acceptors (Lipinski definition) is 10. The zero-order valence-electron chi connectivity index (χ0n) is 10.4. The Morgan fingerprint density at radius 3 is 2.05 bits per heavy atom. The monoisotopic (exact) mass is 300 g/mol. The largest absolute Gasteiger partial charge is 0.394 e. The molecule has 0 saturated carbocycles. The molecule has 7 atom stereocenters. The van der Waals surface area contributed by atoms with Gasteiger partial charge >= 0.3 is 0 Å². The van der Waals surface area contributed by atoms with Crippen LogP contribution < -0.4 is 0 Å². The maximum absolute atomic E-state index is 9.76. The van der Waals surface area contributed by atoms with Crippen LogP contribution in [0.4, 0.5) is 0 Å². The van der Waals surface area contributed by atoms with Gasteiger partial charge in [-0.1, -0.05) is 0 Å². The first-order valence-corrected chi connectivity index (χ1v) is 5.70. The summed E-state index contributed by atoms with van der Waals surface area (Å²) in [6.45, 7) is -0.842. The number of aldehydes is 1. The summed E-state index contributed by atoms with van der Waals surface area (Å²) in [5, 5.41) is 69.3. The van der Waals surface area contributed by atoms with Crippen molar-refractivity contribution < 1.29 is 50.4 Å². The lowest BCUT2D eigenvalue weighted by Crippen LogP contribution is -2.52. The summed E-state index contributed by atoms with van der Waals surface area (Å²) < 4.78 is 4.47. The van der Waals surface area contributed by atoms with E-state index in [0.717, 1.165) is 0 Å². The van der Waals surface area contributed by atoms with E-state index in [-0.39, 0.29) is 12.9 Å². The third-order valence-electron chi connectivity index (χ3n) is 2.54. The van der Waals surface area contributed by atoms with Gasteiger partial charge in [0.05, 0.1) is 13.2 Å². The van der Waals surface area contributed by atoms with Crippen LogP contribution in [0.25, 0.3) is 0 Å². The molecule has 120 valence electrons. The molecule has 10 nitrogen and oxygen atoms in total. The Hall–Kier alpha value is -0.690. The molecule has 0 spiro atoms. The summed E-state index contributed by atoms with van der Waals surface area (Å²) in [6, 6.07) is 0. The van der Waals surface area contributed by atoms with Gasteiger partial charge in [-0.25, -0.2) is 0 Å². The molecule has 8 N–H and O–H groups in total. The van der Waals surface area contributed by atoms with E-state index in [9.17, 15) is 4.79 Å². The summed E-state index contributed by atoms with van der Waals surface area (Å²) in [4.78, 5) is 9.76. The van der Waals surface area contributed by atoms with E-state index in [1.807, 2.05) is 0 Å². The Morgan fingerprint density at radius 2 is 1.65 bits per heavy atom. The highest BCUT2D eigenvalue weighted by molar-refractivity contribution is 5.56. The van der Waals surface area contributed by atoms with E-state index in [0.29, 0.717) is 0 Å². The number of carbonyl (C=O) groups excluding carboxylic acids is 1. The van der Waals surface area contributed by atoms with Crippen molar-refractivity contribution in [2.24, 2.45) is 0 Å². The van der Waals surface area contributed by atoms with Gasteiger partial charge < -0.3 is 50.4 Å². The standard InChI is InChI=1S/2C5H10O5/c6-2-1-10-5(9)4(8)3(2)7;6-1-3(8)5(10)4(9)2-7/h2-9H,1H2;1,3-5,7-10H,2H2/t2-,3+,4-,5+;3-,4+,5+/m10/s1. The normalized spacial score (nSPS) is 34.4. The lowest BCUT2D eigenvalue weighted by Gasteiger charge is -2.31. The average molecular weight is 300 g/mol. The minimum atomic E-state index is -1.64. The van der Waals surface area contributed by atoms with Gasteiger partial charge in [0.1, 0.15) is 36.6 Å². The molecule has 1 aliphatic rings. The third kappa shape index (κ3) is 5.75. The minimum absolute atomic E-state index is 0.0869. The highest BCUT2D eigenvalue weighted by atomic mass is 16.6. The lowest BCUT2D eigenvalue weighted by molar-refractivity contribution is -0.252. The first kappa shape index (κ1) is 19.3. The molecule has 1 heterocycles. The first-order valence-electron chi connectivity index (χ1n) is 5.70. The van der Waals surface area contributed by atoms with Crippen LogP contribution in [0.2, 0.25) is 0 Å². The lowest BCUT2D eigenvalue weighted by atomic mass is 10.1. The van der Waals surface area contributed by atoms with Crippen molar-refractivity contribution in [3.63, 3.8) is 0 Å². The summed E-state index contributed by atoms with van der Waals surface area (Å²) in [7, 11) is 0. The Kier molecular flexibility index (Phi) is 8.96. The van der Waals surface area contributed by atoms with Gasteiger partial charge in [0.15, 0.2) is 12.6 Å². The van der Waals surface area contributed by atoms with E-state index < -0.39 is 49.5 Å². The number of hydrogen-bond donors (Lipinski definition) is 8. The van der Waals surface area contributed by atoms with Crippen molar-refractivity contribution in [2.45, 2.75) is 42.9 Å². The van der Waals surface area contributed by atoms with Crippen LogP contribution in [0, 0.1) is 0 Å². The van der Waals surface area contributed by atoms with Crippen molar-refractivity contribution in [3.8, 4) is 0 Å². The molecule has 0 aromatic carbocycles. The molecule has 1 rings (SSSR count). The fraction of sp³-hybridized carbons (Fsp3) is 0.900. The molecule has 1 aliphatic heterocycles. The number of aliphatic hydroxyl groups is 8. The van der Waals surface area contributed by atoms with Gasteiger partial charge in [0.2, 0.25) is 0 Å². The van der Waals surface area contributed by atoms with E-state index in [2.05, 4.69) is 4.74 Å². The van der Waals surface area contributed by atoms with Crippen LogP contribution in [-0.4, -0.2) is 103 Å². The van der Waals surface area contributed by atoms with E-state index in [1.165, 1.54) is 0 Å². The molecule has 0 aromatic rings. The van der Waals surface area contributed by atoms with Crippen LogP contribution in [0.1, 0.15) is 0 Å². The van der Waals surface area contributed by atoms with Crippen molar-refractivity contribution in [1.29, 1.82) is 0 Å². The number of rotatable bonds is 4. The molecule has 1 saturated heterocycles. The van der Waals surface area contributed by atoms with Gasteiger partial charge in [0, 0.05) is 0 Å². The molecule has 1 fully saturated rings. The molecular weight excluding hydrogens is 280 g/mol. The maximum Gasteiger partial charge on any atom is 0.183 e. The molecule has 0 aromatic heterocycles. The SMILES string of the molecule is O=C[C@H](O)[C@@H](O)[C@H](O)CO.O[C@@H]1[C@@H](O)[C@@H](O)OC[C@H]1O. The second-order valence-electron chi connectivity index (χ2n) is 4.14. The highest BCUT2D eigenvalue weighted by Gasteiger charge is 2.36. The molecule has 10 heteroatoms. The van der Waals surface area contributed by atoms with E-state index in [4.69, 9.17) is 40.9 Å². The quantitative estimate of drug-likeness (QED) is 0.233. The third-order valence-corrected chi connectivity index (χ3v) is 2.54. The Morgan fingerprint density at radius 1 is 1.10 bits per heavy atom. The number of aliphatic hydroxyl groups excluding tert-OH is 8. The molecule has 0 radical (unpaired) electrons. The zero-order valence-corrected chi connectivity index (χ0v) is 10.4. The minimum Gasteiger partial charge on any atom is -0.394 e. The van der Waals surface area contributed by atoms with Crippen molar-refractivity contribution in [3.05, 3.63) is 0 Å². The summed E-state index contributed by atoms with van der Waals surface area (Å²) in [6.07, 6.45) is -9.86. The number of carbonyl (C=O) groups is 1. The van der Waals surface area contributed by atoms with Gasteiger partial charge in [0.25, 0.3) is 0 Å². The summed E-state index contributed by atoms with van der Waals surface area (Å²) in [5.74, 6) is 0. The van der Waals surface area contributed by atoms with Gasteiger partial charge in [-0.3, -0.25) is 0 Å². The Labute approximate surface area is 114 Å². The molecule has 0 unspecified atom stereocenters. The molecule has 0 bridgehead atoms. The van der Waals surface area contributed by atoms with Crippen molar-refractivity contribution in [2.75, 3.05) is 13.2 Å². The van der Waals surface area contributed by atoms with Crippen molar-refractivity contribution in [1.82, 2.24) is 0 Å². The predicted octanol–water partition coefficient (Wildman–Crippen LogP) is -5.32. The van der Waals surface area contributed by atoms with E-state index in [1.54, 1.807) is 0 Å². The fourth-order valence-corrected chi connectivity index (χ4v) is 1.21. The van der Waals surface area contributed by atoms with Crippen LogP contribution in [0.5, 0.6) is 0 Å². The van der Waals surface area contributed by atoms with E-state index >= 15 is 0 Å². The smallest absolute Gasteiger partial charge is 0.183 e. The van der Waals surface area contributed by atoms with Crippen LogP contribution in [0.3, 0.4) is 0 Å². The predicted molar refractivity (Wildman–Crippen MR) is 61.1 cm³/mol. The Bertz CT molecular complexity index is 261.